The summed E-state index contributed by atoms with van der Waals surface area (Å²) >= 11 is 0. The number of rotatable bonds is 10. The van der Waals surface area contributed by atoms with Crippen LogP contribution in [0, 0.1) is 0 Å². The highest BCUT2D eigenvalue weighted by Gasteiger charge is 2.27. The predicted molar refractivity (Wildman–Crippen MR) is 130 cm³/mol. The minimum atomic E-state index is -3.79. The van der Waals surface area contributed by atoms with Gasteiger partial charge in [-0.25, -0.2) is 22.5 Å². The third kappa shape index (κ3) is 5.11. The van der Waals surface area contributed by atoms with Gasteiger partial charge in [0.2, 0.25) is 16.0 Å². The molecule has 34 heavy (non-hydrogen) atoms. The molecule has 3 aromatic rings. The van der Waals surface area contributed by atoms with Gasteiger partial charge in [0, 0.05) is 25.7 Å². The summed E-state index contributed by atoms with van der Waals surface area (Å²) < 4.78 is 29.0. The van der Waals surface area contributed by atoms with Crippen molar-refractivity contribution in [3.63, 3.8) is 0 Å². The normalized spacial score (nSPS) is 12.7. The van der Waals surface area contributed by atoms with Crippen molar-refractivity contribution in [2.45, 2.75) is 37.1 Å². The fourth-order valence-corrected chi connectivity index (χ4v) is 4.81. The van der Waals surface area contributed by atoms with Crippen molar-refractivity contribution in [1.82, 2.24) is 13.9 Å². The Hall–Kier alpha value is -3.28. The van der Waals surface area contributed by atoms with E-state index in [0.717, 1.165) is 17.1 Å². The first-order valence-electron chi connectivity index (χ1n) is 10.9. The number of carbonyl (C=O) groups is 2. The van der Waals surface area contributed by atoms with E-state index in [9.17, 15) is 23.1 Å². The maximum atomic E-state index is 13.1. The molecule has 0 aliphatic heterocycles. The van der Waals surface area contributed by atoms with Gasteiger partial charge in [0.1, 0.15) is 4.90 Å². The van der Waals surface area contributed by atoms with Gasteiger partial charge >= 0.3 is 5.97 Å². The van der Waals surface area contributed by atoms with E-state index in [0.29, 0.717) is 24.0 Å². The minimum Gasteiger partial charge on any atom is -0.478 e. The Kier molecular flexibility index (Phi) is 7.70. The number of unbranched alkanes of at least 4 members (excludes halogenated alkanes) is 1. The first-order valence-corrected chi connectivity index (χ1v) is 12.3. The average molecular weight is 488 g/mol. The van der Waals surface area contributed by atoms with E-state index < -0.39 is 21.9 Å². The van der Waals surface area contributed by atoms with Crippen molar-refractivity contribution in [2.24, 2.45) is 5.73 Å². The van der Waals surface area contributed by atoms with Crippen molar-refractivity contribution in [2.75, 3.05) is 26.0 Å². The fraction of sp³-hybridized carbons (Fsp3) is 0.348. The molecule has 0 unspecified atom stereocenters. The molecule has 2 aromatic carbocycles. The average Bonchev–Trinajstić information content (AvgIpc) is 3.16. The molecule has 11 heteroatoms. The van der Waals surface area contributed by atoms with Gasteiger partial charge < -0.3 is 15.4 Å². The number of nitrogens with one attached hydrogen (secondary N) is 1. The predicted octanol–water partition coefficient (Wildman–Crippen LogP) is 2.93. The second kappa shape index (κ2) is 10.3. The number of aromatic carboxylic acids is 1. The van der Waals surface area contributed by atoms with E-state index in [1.165, 1.54) is 44.4 Å². The number of nitrogens with two attached hydrogens (primary N) is 1. The van der Waals surface area contributed by atoms with Crippen LogP contribution in [0.1, 0.15) is 52.9 Å². The fourth-order valence-electron chi connectivity index (χ4n) is 3.72. The molecule has 0 aliphatic carbocycles. The van der Waals surface area contributed by atoms with Crippen molar-refractivity contribution in [3.8, 4) is 0 Å². The molecule has 10 nitrogen and oxygen atoms in total. The molecule has 1 amide bonds. The van der Waals surface area contributed by atoms with E-state index in [4.69, 9.17) is 5.73 Å². The number of benzene rings is 2. The molecule has 0 spiro atoms. The van der Waals surface area contributed by atoms with Crippen LogP contribution in [-0.4, -0.2) is 59.9 Å². The van der Waals surface area contributed by atoms with Gasteiger partial charge in [-0.2, -0.15) is 0 Å². The van der Waals surface area contributed by atoms with Crippen LogP contribution >= 0.6 is 0 Å². The van der Waals surface area contributed by atoms with E-state index in [1.54, 1.807) is 16.7 Å². The van der Waals surface area contributed by atoms with Crippen LogP contribution in [0.2, 0.25) is 0 Å². The molecule has 3 rings (SSSR count). The summed E-state index contributed by atoms with van der Waals surface area (Å²) in [5.74, 6) is -1.51. The molecule has 1 heterocycles. The van der Waals surface area contributed by atoms with Gasteiger partial charge in [0.25, 0.3) is 5.91 Å². The van der Waals surface area contributed by atoms with Gasteiger partial charge in [0.05, 0.1) is 16.6 Å². The van der Waals surface area contributed by atoms with Gasteiger partial charge in [-0.15, -0.1) is 0 Å². The van der Waals surface area contributed by atoms with Crippen LogP contribution in [-0.2, 0) is 10.0 Å². The van der Waals surface area contributed by atoms with E-state index in [1.807, 2.05) is 6.92 Å². The highest BCUT2D eigenvalue weighted by Crippen LogP contribution is 2.32. The van der Waals surface area contributed by atoms with Crippen molar-refractivity contribution < 1.29 is 23.1 Å². The molecular weight excluding hydrogens is 458 g/mol. The smallest absolute Gasteiger partial charge is 0.335 e. The number of carbonyl (C=O) groups excluding carboxylic acids is 1. The summed E-state index contributed by atoms with van der Waals surface area (Å²) in [5.41, 5.74) is 6.57. The van der Waals surface area contributed by atoms with E-state index in [2.05, 4.69) is 10.3 Å². The number of hydrogen-bond donors (Lipinski definition) is 3. The molecule has 0 fully saturated rings. The summed E-state index contributed by atoms with van der Waals surface area (Å²) in [6, 6.07) is 10.3. The number of imidazole rings is 1. The summed E-state index contributed by atoms with van der Waals surface area (Å²) in [6.45, 7) is 2.47. The van der Waals surface area contributed by atoms with Crippen molar-refractivity contribution >= 4 is 38.9 Å². The van der Waals surface area contributed by atoms with E-state index >= 15 is 0 Å². The largest absolute Gasteiger partial charge is 0.478 e. The molecule has 182 valence electrons. The number of amides is 1. The monoisotopic (exact) mass is 487 g/mol. The number of hydrogen-bond acceptors (Lipinski definition) is 6. The Morgan fingerprint density at radius 2 is 1.82 bits per heavy atom. The molecule has 1 aromatic heterocycles. The zero-order chi connectivity index (χ0) is 25.0. The lowest BCUT2D eigenvalue weighted by Crippen LogP contribution is -2.23. The van der Waals surface area contributed by atoms with Crippen LogP contribution in [0.4, 0.5) is 5.95 Å². The van der Waals surface area contributed by atoms with Gasteiger partial charge in [-0.05, 0) is 56.6 Å². The molecule has 1 atom stereocenters. The molecule has 0 radical (unpaired) electrons. The first-order chi connectivity index (χ1) is 16.1. The number of carboxylic acids is 1. The highest BCUT2D eigenvalue weighted by molar-refractivity contribution is 7.89. The molecule has 4 N–H and O–H groups in total. The third-order valence-electron chi connectivity index (χ3n) is 5.55. The Balaban J connectivity index is 2.14. The van der Waals surface area contributed by atoms with Crippen molar-refractivity contribution in [1.29, 1.82) is 0 Å². The second-order valence-corrected chi connectivity index (χ2v) is 10.3. The van der Waals surface area contributed by atoms with Gasteiger partial charge in [-0.1, -0.05) is 18.6 Å². The summed E-state index contributed by atoms with van der Waals surface area (Å²) in [4.78, 5) is 28.9. The number of para-hydroxylation sites is 1. The van der Waals surface area contributed by atoms with Crippen LogP contribution in [0.25, 0.3) is 11.0 Å². The molecule has 0 bridgehead atoms. The van der Waals surface area contributed by atoms with Crippen LogP contribution in [0.15, 0.2) is 47.4 Å². The quantitative estimate of drug-likeness (QED) is 0.372. The van der Waals surface area contributed by atoms with Crippen LogP contribution in [0.3, 0.4) is 0 Å². The lowest BCUT2D eigenvalue weighted by Gasteiger charge is -2.20. The van der Waals surface area contributed by atoms with E-state index in [-0.39, 0.29) is 28.0 Å². The highest BCUT2D eigenvalue weighted by atomic mass is 32.2. The van der Waals surface area contributed by atoms with Gasteiger partial charge in [0.15, 0.2) is 0 Å². The number of carboxylic acid groups (broad SMARTS) is 1. The topological polar surface area (TPSA) is 148 Å². The Labute approximate surface area is 198 Å². The summed E-state index contributed by atoms with van der Waals surface area (Å²) in [6.07, 6.45) is 2.31. The lowest BCUT2D eigenvalue weighted by molar-refractivity contribution is 0.0697. The molecule has 0 aliphatic rings. The van der Waals surface area contributed by atoms with Gasteiger partial charge in [-0.3, -0.25) is 10.1 Å². The second-order valence-electron chi connectivity index (χ2n) is 8.19. The summed E-state index contributed by atoms with van der Waals surface area (Å²) in [7, 11) is -0.881. The maximum Gasteiger partial charge on any atom is 0.335 e. The zero-order valence-corrected chi connectivity index (χ0v) is 20.2. The number of sulfonamides is 1. The van der Waals surface area contributed by atoms with Crippen molar-refractivity contribution in [3.05, 3.63) is 53.6 Å². The standard InChI is InChI=1S/C23H29N5O5S/c1-15(8-4-5-13-24)28-20-18(11-7-12-19(20)34(32,33)27(2)3)25-23(28)26-21(29)16-9-6-10-17(14-16)22(30)31/h6-7,9-12,14-15H,4-5,8,13,24H2,1-3H3,(H,30,31)(H,25,26,29)/t15-/m1/s1. The molecular formula is C23H29N5O5S. The Morgan fingerprint density at radius 1 is 1.15 bits per heavy atom. The third-order valence-corrected chi connectivity index (χ3v) is 7.39. The number of fused-ring (bicyclic) bond motifs is 1. The SMILES string of the molecule is C[C@H](CCCCN)n1c(NC(=O)c2cccc(C(=O)O)c2)nc2cccc(S(=O)(=O)N(C)C)c21. The molecule has 0 saturated carbocycles. The van der Waals surface area contributed by atoms with Crippen LogP contribution < -0.4 is 11.1 Å². The minimum absolute atomic E-state index is 0.0179. The Bertz CT molecular complexity index is 1320. The lowest BCUT2D eigenvalue weighted by atomic mass is 10.1. The zero-order valence-electron chi connectivity index (χ0n) is 19.4. The van der Waals surface area contributed by atoms with Crippen LogP contribution in [0.5, 0.6) is 0 Å². The number of anilines is 1. The molecule has 0 saturated heterocycles. The Morgan fingerprint density at radius 3 is 2.47 bits per heavy atom. The maximum absolute atomic E-state index is 13.1. The first kappa shape index (κ1) is 25.3. The number of aromatic nitrogens is 2. The number of nitrogens with zero attached hydrogens (tertiary/aromatic N) is 3. The summed E-state index contributed by atoms with van der Waals surface area (Å²) in [5, 5.41) is 12.0.